The predicted octanol–water partition coefficient (Wildman–Crippen LogP) is 2.35. The van der Waals surface area contributed by atoms with E-state index in [0.29, 0.717) is 0 Å². The minimum Gasteiger partial charge on any atom is -0.497 e. The first-order valence-electron chi connectivity index (χ1n) is 6.26. The lowest BCUT2D eigenvalue weighted by molar-refractivity contribution is 0.415. The van der Waals surface area contributed by atoms with Gasteiger partial charge in [-0.2, -0.15) is 17.9 Å². The SMILES string of the molecule is COc1ccc(/C=N/N(C)S(=O)(=O)c2ccccc2)cc1. The van der Waals surface area contributed by atoms with Crippen LogP contribution in [0.2, 0.25) is 0 Å². The highest BCUT2D eigenvalue weighted by molar-refractivity contribution is 7.89. The van der Waals surface area contributed by atoms with Gasteiger partial charge in [0.15, 0.2) is 0 Å². The molecule has 0 bridgehead atoms. The zero-order valence-corrected chi connectivity index (χ0v) is 12.6. The van der Waals surface area contributed by atoms with Crippen LogP contribution in [0.5, 0.6) is 5.75 Å². The van der Waals surface area contributed by atoms with Gasteiger partial charge in [-0.25, -0.2) is 0 Å². The van der Waals surface area contributed by atoms with Gasteiger partial charge in [0.05, 0.1) is 18.2 Å². The van der Waals surface area contributed by atoms with Crippen molar-refractivity contribution in [1.82, 2.24) is 4.41 Å². The highest BCUT2D eigenvalue weighted by atomic mass is 32.2. The molecule has 0 heterocycles. The van der Waals surface area contributed by atoms with Gasteiger partial charge in [0.25, 0.3) is 10.0 Å². The van der Waals surface area contributed by atoms with Gasteiger partial charge in [-0.15, -0.1) is 0 Å². The summed E-state index contributed by atoms with van der Waals surface area (Å²) in [6.07, 6.45) is 1.49. The van der Waals surface area contributed by atoms with Crippen LogP contribution in [0.25, 0.3) is 0 Å². The molecule has 2 aromatic carbocycles. The minimum atomic E-state index is -3.61. The fourth-order valence-electron chi connectivity index (χ4n) is 1.65. The molecule has 0 saturated carbocycles. The van der Waals surface area contributed by atoms with Crippen molar-refractivity contribution in [3.63, 3.8) is 0 Å². The Balaban J connectivity index is 2.16. The van der Waals surface area contributed by atoms with E-state index in [0.717, 1.165) is 15.7 Å². The van der Waals surface area contributed by atoms with E-state index in [4.69, 9.17) is 4.74 Å². The first-order chi connectivity index (χ1) is 10.0. The Hall–Kier alpha value is -2.34. The summed E-state index contributed by atoms with van der Waals surface area (Å²) in [6, 6.07) is 15.3. The molecule has 110 valence electrons. The monoisotopic (exact) mass is 304 g/mol. The third-order valence-electron chi connectivity index (χ3n) is 2.87. The zero-order valence-electron chi connectivity index (χ0n) is 11.8. The number of hydrogen-bond acceptors (Lipinski definition) is 4. The maximum Gasteiger partial charge on any atom is 0.278 e. The molecular formula is C15H16N2O3S. The maximum atomic E-state index is 12.2. The van der Waals surface area contributed by atoms with Crippen molar-refractivity contribution in [3.05, 3.63) is 60.2 Å². The van der Waals surface area contributed by atoms with E-state index in [1.165, 1.54) is 25.4 Å². The molecule has 0 fully saturated rings. The summed E-state index contributed by atoms with van der Waals surface area (Å²) < 4.78 is 30.5. The molecule has 0 aromatic heterocycles. The number of benzene rings is 2. The van der Waals surface area contributed by atoms with Crippen LogP contribution >= 0.6 is 0 Å². The predicted molar refractivity (Wildman–Crippen MR) is 82.0 cm³/mol. The minimum absolute atomic E-state index is 0.208. The molecule has 6 heteroatoms. The lowest BCUT2D eigenvalue weighted by Gasteiger charge is -2.13. The third-order valence-corrected chi connectivity index (χ3v) is 4.53. The third kappa shape index (κ3) is 3.61. The summed E-state index contributed by atoms with van der Waals surface area (Å²) in [7, 11) is -0.620. The van der Waals surface area contributed by atoms with Gasteiger partial charge in [0.2, 0.25) is 0 Å². The number of hydrogen-bond donors (Lipinski definition) is 0. The average Bonchev–Trinajstić information content (AvgIpc) is 2.53. The second-order valence-electron chi connectivity index (χ2n) is 4.27. The number of ether oxygens (including phenoxy) is 1. The Bertz CT molecular complexity index is 710. The first-order valence-corrected chi connectivity index (χ1v) is 7.70. The number of nitrogens with zero attached hydrogens (tertiary/aromatic N) is 2. The Morgan fingerprint density at radius 3 is 2.24 bits per heavy atom. The summed E-state index contributed by atoms with van der Waals surface area (Å²) >= 11 is 0. The van der Waals surface area contributed by atoms with E-state index in [-0.39, 0.29) is 4.90 Å². The van der Waals surface area contributed by atoms with Crippen LogP contribution in [-0.4, -0.2) is 33.2 Å². The molecule has 0 unspecified atom stereocenters. The quantitative estimate of drug-likeness (QED) is 0.629. The fraction of sp³-hybridized carbons (Fsp3) is 0.133. The van der Waals surface area contributed by atoms with Crippen LogP contribution in [0.1, 0.15) is 5.56 Å². The molecule has 2 aromatic rings. The second-order valence-corrected chi connectivity index (χ2v) is 6.22. The van der Waals surface area contributed by atoms with Crippen molar-refractivity contribution in [2.45, 2.75) is 4.90 Å². The fourth-order valence-corrected chi connectivity index (χ4v) is 2.62. The normalized spacial score (nSPS) is 11.5. The van der Waals surface area contributed by atoms with Gasteiger partial charge in [-0.3, -0.25) is 0 Å². The molecule has 0 N–H and O–H groups in total. The van der Waals surface area contributed by atoms with Crippen LogP contribution in [0, 0.1) is 0 Å². The summed E-state index contributed by atoms with van der Waals surface area (Å²) in [5.41, 5.74) is 0.783. The molecule has 0 aliphatic heterocycles. The van der Waals surface area contributed by atoms with E-state index in [2.05, 4.69) is 5.10 Å². The molecule has 0 atom stereocenters. The molecule has 21 heavy (non-hydrogen) atoms. The zero-order chi connectivity index (χ0) is 15.3. The molecular weight excluding hydrogens is 288 g/mol. The Morgan fingerprint density at radius 2 is 1.67 bits per heavy atom. The van der Waals surface area contributed by atoms with Gasteiger partial charge in [-0.1, -0.05) is 18.2 Å². The van der Waals surface area contributed by atoms with Crippen LogP contribution < -0.4 is 4.74 Å². The lowest BCUT2D eigenvalue weighted by Crippen LogP contribution is -2.21. The molecule has 0 aliphatic carbocycles. The van der Waals surface area contributed by atoms with Crippen molar-refractivity contribution >= 4 is 16.2 Å². The van der Waals surface area contributed by atoms with Gasteiger partial charge in [0.1, 0.15) is 5.75 Å². The molecule has 0 spiro atoms. The van der Waals surface area contributed by atoms with Gasteiger partial charge in [-0.05, 0) is 42.0 Å². The molecule has 2 rings (SSSR count). The molecule has 5 nitrogen and oxygen atoms in total. The van der Waals surface area contributed by atoms with E-state index < -0.39 is 10.0 Å². The second kappa shape index (κ2) is 6.41. The van der Waals surface area contributed by atoms with Gasteiger partial charge < -0.3 is 4.74 Å². The smallest absolute Gasteiger partial charge is 0.278 e. The van der Waals surface area contributed by atoms with Crippen molar-refractivity contribution in [2.75, 3.05) is 14.2 Å². The van der Waals surface area contributed by atoms with Gasteiger partial charge in [0, 0.05) is 7.05 Å². The largest absolute Gasteiger partial charge is 0.497 e. The molecule has 0 amide bonds. The van der Waals surface area contributed by atoms with Crippen LogP contribution in [0.15, 0.2) is 64.6 Å². The van der Waals surface area contributed by atoms with E-state index >= 15 is 0 Å². The molecule has 0 aliphatic rings. The molecule has 0 radical (unpaired) electrons. The average molecular weight is 304 g/mol. The molecule has 0 saturated heterocycles. The highest BCUT2D eigenvalue weighted by Crippen LogP contribution is 2.14. The van der Waals surface area contributed by atoms with Crippen molar-refractivity contribution in [3.8, 4) is 5.75 Å². The van der Waals surface area contributed by atoms with E-state index in [9.17, 15) is 8.42 Å². The number of hydrazone groups is 1. The summed E-state index contributed by atoms with van der Waals surface area (Å²) in [4.78, 5) is 0.208. The lowest BCUT2D eigenvalue weighted by atomic mass is 10.2. The van der Waals surface area contributed by atoms with E-state index in [1.807, 2.05) is 0 Å². The Morgan fingerprint density at radius 1 is 1.05 bits per heavy atom. The van der Waals surface area contributed by atoms with Crippen molar-refractivity contribution in [1.29, 1.82) is 0 Å². The summed E-state index contributed by atoms with van der Waals surface area (Å²) in [6.45, 7) is 0. The first kappa shape index (κ1) is 15.1. The number of methoxy groups -OCH3 is 1. The highest BCUT2D eigenvalue weighted by Gasteiger charge is 2.18. The van der Waals surface area contributed by atoms with Crippen molar-refractivity contribution in [2.24, 2.45) is 5.10 Å². The topological polar surface area (TPSA) is 59.0 Å². The van der Waals surface area contributed by atoms with Gasteiger partial charge >= 0.3 is 0 Å². The van der Waals surface area contributed by atoms with Crippen LogP contribution in [0.3, 0.4) is 0 Å². The van der Waals surface area contributed by atoms with Crippen molar-refractivity contribution < 1.29 is 13.2 Å². The van der Waals surface area contributed by atoms with Crippen LogP contribution in [-0.2, 0) is 10.0 Å². The Labute approximate surface area is 124 Å². The summed E-state index contributed by atoms with van der Waals surface area (Å²) in [5.74, 6) is 0.734. The summed E-state index contributed by atoms with van der Waals surface area (Å²) in [5, 5.41) is 3.98. The van der Waals surface area contributed by atoms with Crippen LogP contribution in [0.4, 0.5) is 0 Å². The number of rotatable bonds is 5. The number of sulfonamides is 1. The standard InChI is InChI=1S/C15H16N2O3S/c1-17(21(18,19)15-6-4-3-5-7-15)16-12-13-8-10-14(20-2)11-9-13/h3-12H,1-2H3/b16-12+. The maximum absolute atomic E-state index is 12.2. The van der Waals surface area contributed by atoms with E-state index in [1.54, 1.807) is 49.6 Å². The Kier molecular flexibility index (Phi) is 4.59.